The van der Waals surface area contributed by atoms with E-state index in [2.05, 4.69) is 5.32 Å². The number of amides is 1. The van der Waals surface area contributed by atoms with Crippen molar-refractivity contribution in [1.82, 2.24) is 5.32 Å². The fraction of sp³-hybridized carbons (Fsp3) is 0.364. The van der Waals surface area contributed by atoms with Crippen molar-refractivity contribution in [2.24, 2.45) is 5.73 Å². The van der Waals surface area contributed by atoms with Gasteiger partial charge in [0.1, 0.15) is 5.69 Å². The summed E-state index contributed by atoms with van der Waals surface area (Å²) in [6.45, 7) is 0.801. The van der Waals surface area contributed by atoms with E-state index in [0.717, 1.165) is 0 Å². The maximum atomic E-state index is 11.5. The van der Waals surface area contributed by atoms with Crippen LogP contribution in [0.5, 0.6) is 0 Å². The number of nitro benzene ring substituents is 1. The highest BCUT2D eigenvalue weighted by Crippen LogP contribution is 2.26. The van der Waals surface area contributed by atoms with Crippen molar-refractivity contribution < 1.29 is 9.72 Å². The van der Waals surface area contributed by atoms with Gasteiger partial charge in [-0.05, 0) is 6.07 Å². The molecule has 18 heavy (non-hydrogen) atoms. The number of anilines is 1. The minimum Gasteiger partial charge on any atom is -0.360 e. The van der Waals surface area contributed by atoms with Crippen LogP contribution in [-0.2, 0) is 4.79 Å². The topological polar surface area (TPSA) is 102 Å². The van der Waals surface area contributed by atoms with Gasteiger partial charge in [0.2, 0.25) is 5.91 Å². The molecule has 0 heterocycles. The van der Waals surface area contributed by atoms with E-state index in [1.165, 1.54) is 11.0 Å². The Morgan fingerprint density at radius 2 is 2.17 bits per heavy atom. The molecule has 7 heteroatoms. The fourth-order valence-corrected chi connectivity index (χ4v) is 1.51. The number of nitrogens with two attached hydrogens (primary N) is 1. The average molecular weight is 252 g/mol. The van der Waals surface area contributed by atoms with E-state index in [9.17, 15) is 14.9 Å². The zero-order valence-corrected chi connectivity index (χ0v) is 10.1. The fourth-order valence-electron chi connectivity index (χ4n) is 1.51. The van der Waals surface area contributed by atoms with Crippen molar-refractivity contribution in [3.8, 4) is 0 Å². The maximum absolute atomic E-state index is 11.5. The number of likely N-dealkylation sites (N-methyl/N-ethyl adjacent to an activating group) is 1. The lowest BCUT2D eigenvalue weighted by molar-refractivity contribution is -0.384. The summed E-state index contributed by atoms with van der Waals surface area (Å²) < 4.78 is 0. The summed E-state index contributed by atoms with van der Waals surface area (Å²) in [4.78, 5) is 23.4. The van der Waals surface area contributed by atoms with E-state index in [1.54, 1.807) is 25.2 Å². The quantitative estimate of drug-likeness (QED) is 0.552. The Balaban J connectivity index is 2.75. The van der Waals surface area contributed by atoms with Crippen LogP contribution in [0.3, 0.4) is 0 Å². The van der Waals surface area contributed by atoms with E-state index < -0.39 is 4.92 Å². The van der Waals surface area contributed by atoms with Gasteiger partial charge in [0, 0.05) is 26.2 Å². The third kappa shape index (κ3) is 3.70. The van der Waals surface area contributed by atoms with E-state index >= 15 is 0 Å². The number of hydrogen-bond donors (Lipinski definition) is 2. The van der Waals surface area contributed by atoms with Gasteiger partial charge in [0.05, 0.1) is 11.5 Å². The van der Waals surface area contributed by atoms with Gasteiger partial charge in [-0.3, -0.25) is 14.9 Å². The summed E-state index contributed by atoms with van der Waals surface area (Å²) >= 11 is 0. The summed E-state index contributed by atoms with van der Waals surface area (Å²) in [5, 5.41) is 13.5. The zero-order valence-electron chi connectivity index (χ0n) is 10.1. The molecule has 0 unspecified atom stereocenters. The molecule has 1 amide bonds. The Labute approximate surface area is 105 Å². The second kappa shape index (κ2) is 6.55. The van der Waals surface area contributed by atoms with Gasteiger partial charge >= 0.3 is 0 Å². The molecule has 0 aliphatic heterocycles. The summed E-state index contributed by atoms with van der Waals surface area (Å²) in [5.74, 6) is -0.221. The number of hydrogen-bond acceptors (Lipinski definition) is 5. The largest absolute Gasteiger partial charge is 0.360 e. The van der Waals surface area contributed by atoms with Gasteiger partial charge in [0.15, 0.2) is 0 Å². The van der Waals surface area contributed by atoms with Gasteiger partial charge in [0.25, 0.3) is 5.69 Å². The van der Waals surface area contributed by atoms with Crippen molar-refractivity contribution in [1.29, 1.82) is 0 Å². The third-order valence-electron chi connectivity index (χ3n) is 2.34. The van der Waals surface area contributed by atoms with Crippen LogP contribution in [0, 0.1) is 10.1 Å². The van der Waals surface area contributed by atoms with Crippen LogP contribution >= 0.6 is 0 Å². The van der Waals surface area contributed by atoms with Crippen molar-refractivity contribution >= 4 is 17.3 Å². The third-order valence-corrected chi connectivity index (χ3v) is 2.34. The predicted octanol–water partition coefficient (Wildman–Crippen LogP) is 0.106. The van der Waals surface area contributed by atoms with Crippen molar-refractivity contribution in [3.63, 3.8) is 0 Å². The Morgan fingerprint density at radius 3 is 2.78 bits per heavy atom. The van der Waals surface area contributed by atoms with E-state index in [4.69, 9.17) is 5.73 Å². The second-order valence-electron chi connectivity index (χ2n) is 3.74. The monoisotopic (exact) mass is 252 g/mol. The first-order valence-electron chi connectivity index (χ1n) is 5.47. The van der Waals surface area contributed by atoms with Crippen molar-refractivity contribution in [2.45, 2.75) is 0 Å². The molecule has 0 fully saturated rings. The van der Waals surface area contributed by atoms with Gasteiger partial charge in [-0.15, -0.1) is 0 Å². The van der Waals surface area contributed by atoms with Crippen LogP contribution in [0.1, 0.15) is 0 Å². The summed E-state index contributed by atoms with van der Waals surface area (Å²) in [6.07, 6.45) is 0. The molecule has 0 aromatic heterocycles. The van der Waals surface area contributed by atoms with Gasteiger partial charge < -0.3 is 16.0 Å². The summed E-state index contributed by atoms with van der Waals surface area (Å²) in [5.41, 5.74) is 5.65. The number of nitrogens with zero attached hydrogens (tertiary/aromatic N) is 2. The molecule has 0 aliphatic rings. The minimum atomic E-state index is -0.469. The Hall–Kier alpha value is -2.15. The molecule has 0 saturated carbocycles. The molecular formula is C11H16N4O3. The van der Waals surface area contributed by atoms with Crippen LogP contribution in [0.2, 0.25) is 0 Å². The first-order valence-corrected chi connectivity index (χ1v) is 5.47. The van der Waals surface area contributed by atoms with Gasteiger partial charge in [-0.25, -0.2) is 0 Å². The zero-order chi connectivity index (χ0) is 13.5. The number of rotatable bonds is 6. The number of para-hydroxylation sites is 2. The number of carbonyl (C=O) groups is 1. The molecule has 98 valence electrons. The van der Waals surface area contributed by atoms with Crippen LogP contribution in [0.15, 0.2) is 24.3 Å². The van der Waals surface area contributed by atoms with E-state index in [0.29, 0.717) is 18.8 Å². The van der Waals surface area contributed by atoms with Crippen molar-refractivity contribution in [2.75, 3.05) is 31.6 Å². The smallest absolute Gasteiger partial charge is 0.292 e. The first kappa shape index (κ1) is 13.9. The minimum absolute atomic E-state index is 0.0216. The molecule has 0 aliphatic carbocycles. The molecular weight excluding hydrogens is 236 g/mol. The van der Waals surface area contributed by atoms with Crippen LogP contribution in [0.25, 0.3) is 0 Å². The van der Waals surface area contributed by atoms with Crippen LogP contribution in [-0.4, -0.2) is 37.5 Å². The lowest BCUT2D eigenvalue weighted by Crippen LogP contribution is -2.37. The molecule has 1 aromatic rings. The number of nitro groups is 1. The Bertz CT molecular complexity index is 436. The van der Waals surface area contributed by atoms with E-state index in [-0.39, 0.29) is 18.1 Å². The molecule has 3 N–H and O–H groups in total. The van der Waals surface area contributed by atoms with Crippen LogP contribution < -0.4 is 16.0 Å². The molecule has 1 aromatic carbocycles. The molecule has 0 spiro atoms. The molecule has 0 bridgehead atoms. The highest BCUT2D eigenvalue weighted by atomic mass is 16.6. The highest BCUT2D eigenvalue weighted by Gasteiger charge is 2.17. The van der Waals surface area contributed by atoms with Crippen LogP contribution in [0.4, 0.5) is 11.4 Å². The Morgan fingerprint density at radius 1 is 1.50 bits per heavy atom. The Kier molecular flexibility index (Phi) is 5.06. The second-order valence-corrected chi connectivity index (χ2v) is 3.74. The SMILES string of the molecule is CN(CC(=O)NCCN)c1ccccc1[N+](=O)[O-]. The highest BCUT2D eigenvalue weighted by molar-refractivity contribution is 5.82. The first-order chi connectivity index (χ1) is 8.56. The lowest BCUT2D eigenvalue weighted by Gasteiger charge is -2.18. The van der Waals surface area contributed by atoms with E-state index in [1.807, 2.05) is 0 Å². The molecule has 0 radical (unpaired) electrons. The summed E-state index contributed by atoms with van der Waals surface area (Å²) in [7, 11) is 1.63. The van der Waals surface area contributed by atoms with Gasteiger partial charge in [-0.2, -0.15) is 0 Å². The van der Waals surface area contributed by atoms with Crippen molar-refractivity contribution in [3.05, 3.63) is 34.4 Å². The molecule has 1 rings (SSSR count). The standard InChI is InChI=1S/C11H16N4O3/c1-14(8-11(16)13-7-6-12)9-4-2-3-5-10(9)15(17)18/h2-5H,6-8,12H2,1H3,(H,13,16). The number of nitrogens with one attached hydrogen (secondary N) is 1. The number of carbonyl (C=O) groups excluding carboxylic acids is 1. The lowest BCUT2D eigenvalue weighted by atomic mass is 10.2. The molecule has 0 saturated heterocycles. The normalized spacial score (nSPS) is 9.89. The predicted molar refractivity (Wildman–Crippen MR) is 68.4 cm³/mol. The molecule has 0 atom stereocenters. The maximum Gasteiger partial charge on any atom is 0.292 e. The average Bonchev–Trinajstić information content (AvgIpc) is 2.36. The van der Waals surface area contributed by atoms with Gasteiger partial charge in [-0.1, -0.05) is 12.1 Å². The summed E-state index contributed by atoms with van der Waals surface area (Å²) in [6, 6.07) is 6.29. The molecule has 7 nitrogen and oxygen atoms in total. The number of benzene rings is 1.